The molecule has 2 nitrogen and oxygen atoms in total. The Morgan fingerprint density at radius 3 is 2.73 bits per heavy atom. The van der Waals surface area contributed by atoms with Gasteiger partial charge in [-0.25, -0.2) is 9.18 Å². The van der Waals surface area contributed by atoms with Crippen molar-refractivity contribution in [2.75, 3.05) is 0 Å². The highest BCUT2D eigenvalue weighted by molar-refractivity contribution is 5.89. The average Bonchev–Trinajstić information content (AvgIpc) is 2.17. The molecule has 1 aromatic rings. The molecule has 0 amide bonds. The zero-order valence-electron chi connectivity index (χ0n) is 8.58. The SMILES string of the molecule is C#CC(C)(C)OC(=O)c1cccc(F)c1. The zero-order valence-corrected chi connectivity index (χ0v) is 8.58. The number of hydrogen-bond donors (Lipinski definition) is 0. The molecule has 0 heterocycles. The van der Waals surface area contributed by atoms with E-state index in [0.717, 1.165) is 6.07 Å². The minimum absolute atomic E-state index is 0.151. The number of hydrogen-bond acceptors (Lipinski definition) is 2. The summed E-state index contributed by atoms with van der Waals surface area (Å²) in [7, 11) is 0. The summed E-state index contributed by atoms with van der Waals surface area (Å²) in [4.78, 5) is 11.5. The molecule has 0 saturated heterocycles. The Labute approximate surface area is 88.1 Å². The first-order chi connectivity index (χ1) is 6.94. The monoisotopic (exact) mass is 206 g/mol. The van der Waals surface area contributed by atoms with Crippen molar-refractivity contribution in [1.29, 1.82) is 0 Å². The number of terminal acetylenes is 1. The van der Waals surface area contributed by atoms with E-state index in [9.17, 15) is 9.18 Å². The molecule has 0 bridgehead atoms. The second-order valence-electron chi connectivity index (χ2n) is 3.55. The molecule has 0 unspecified atom stereocenters. The van der Waals surface area contributed by atoms with Gasteiger partial charge in [0.25, 0.3) is 0 Å². The van der Waals surface area contributed by atoms with Crippen molar-refractivity contribution in [3.8, 4) is 12.3 Å². The van der Waals surface area contributed by atoms with Gasteiger partial charge in [0.1, 0.15) is 5.82 Å². The van der Waals surface area contributed by atoms with Crippen molar-refractivity contribution in [1.82, 2.24) is 0 Å². The second-order valence-corrected chi connectivity index (χ2v) is 3.55. The van der Waals surface area contributed by atoms with E-state index in [-0.39, 0.29) is 5.56 Å². The quantitative estimate of drug-likeness (QED) is 0.548. The van der Waals surface area contributed by atoms with Crippen molar-refractivity contribution < 1.29 is 13.9 Å². The number of ether oxygens (including phenoxy) is 1. The lowest BCUT2D eigenvalue weighted by molar-refractivity contribution is 0.0204. The van der Waals surface area contributed by atoms with E-state index in [4.69, 9.17) is 11.2 Å². The molecule has 1 rings (SSSR count). The number of carbonyl (C=O) groups excluding carboxylic acids is 1. The van der Waals surface area contributed by atoms with Crippen LogP contribution in [-0.4, -0.2) is 11.6 Å². The van der Waals surface area contributed by atoms with Gasteiger partial charge < -0.3 is 4.74 Å². The van der Waals surface area contributed by atoms with E-state index in [2.05, 4.69) is 5.92 Å². The fraction of sp³-hybridized carbons (Fsp3) is 0.250. The third-order valence-electron chi connectivity index (χ3n) is 1.76. The van der Waals surface area contributed by atoms with Crippen LogP contribution in [0.15, 0.2) is 24.3 Å². The smallest absolute Gasteiger partial charge is 0.339 e. The molecule has 15 heavy (non-hydrogen) atoms. The Morgan fingerprint density at radius 1 is 1.53 bits per heavy atom. The summed E-state index contributed by atoms with van der Waals surface area (Å²) in [6.45, 7) is 3.17. The predicted molar refractivity (Wildman–Crippen MR) is 54.7 cm³/mol. The first-order valence-corrected chi connectivity index (χ1v) is 4.41. The van der Waals surface area contributed by atoms with Crippen LogP contribution in [0.25, 0.3) is 0 Å². The van der Waals surface area contributed by atoms with Gasteiger partial charge in [-0.2, -0.15) is 0 Å². The van der Waals surface area contributed by atoms with Crippen molar-refractivity contribution in [2.45, 2.75) is 19.4 Å². The van der Waals surface area contributed by atoms with Gasteiger partial charge in [-0.3, -0.25) is 0 Å². The van der Waals surface area contributed by atoms with Gasteiger partial charge in [-0.15, -0.1) is 6.42 Å². The minimum Gasteiger partial charge on any atom is -0.443 e. The van der Waals surface area contributed by atoms with Crippen molar-refractivity contribution in [2.24, 2.45) is 0 Å². The topological polar surface area (TPSA) is 26.3 Å². The summed E-state index contributed by atoms with van der Waals surface area (Å²) in [5.41, 5.74) is -0.832. The lowest BCUT2D eigenvalue weighted by Gasteiger charge is -2.18. The highest BCUT2D eigenvalue weighted by Gasteiger charge is 2.20. The predicted octanol–water partition coefficient (Wildman–Crippen LogP) is 2.39. The maximum absolute atomic E-state index is 12.8. The van der Waals surface area contributed by atoms with Gasteiger partial charge in [0.2, 0.25) is 0 Å². The summed E-state index contributed by atoms with van der Waals surface area (Å²) in [5.74, 6) is 1.21. The maximum atomic E-state index is 12.8. The van der Waals surface area contributed by atoms with Gasteiger partial charge in [0.05, 0.1) is 5.56 Å². The Morgan fingerprint density at radius 2 is 2.20 bits per heavy atom. The van der Waals surface area contributed by atoms with Crippen LogP contribution in [0.2, 0.25) is 0 Å². The summed E-state index contributed by atoms with van der Waals surface area (Å²) >= 11 is 0. The van der Waals surface area contributed by atoms with Crippen LogP contribution >= 0.6 is 0 Å². The van der Waals surface area contributed by atoms with Gasteiger partial charge >= 0.3 is 5.97 Å². The van der Waals surface area contributed by atoms with Crippen LogP contribution in [0.5, 0.6) is 0 Å². The molecule has 0 atom stereocenters. The van der Waals surface area contributed by atoms with Crippen LogP contribution in [0.1, 0.15) is 24.2 Å². The van der Waals surface area contributed by atoms with Gasteiger partial charge in [-0.05, 0) is 32.0 Å². The van der Waals surface area contributed by atoms with Crippen molar-refractivity contribution in [3.63, 3.8) is 0 Å². The van der Waals surface area contributed by atoms with Crippen LogP contribution < -0.4 is 0 Å². The van der Waals surface area contributed by atoms with E-state index in [0.29, 0.717) is 0 Å². The minimum atomic E-state index is -0.983. The molecule has 0 aliphatic carbocycles. The molecule has 78 valence electrons. The highest BCUT2D eigenvalue weighted by Crippen LogP contribution is 2.12. The fourth-order valence-electron chi connectivity index (χ4n) is 0.936. The molecule has 0 saturated carbocycles. The number of carbonyl (C=O) groups is 1. The van der Waals surface area contributed by atoms with Crippen molar-refractivity contribution in [3.05, 3.63) is 35.6 Å². The zero-order chi connectivity index (χ0) is 11.5. The summed E-state index contributed by atoms with van der Waals surface area (Å²) in [5, 5.41) is 0. The number of benzene rings is 1. The molecule has 0 fully saturated rings. The Kier molecular flexibility index (Phi) is 3.11. The van der Waals surface area contributed by atoms with Crippen LogP contribution in [0.4, 0.5) is 4.39 Å². The van der Waals surface area contributed by atoms with Crippen LogP contribution in [0, 0.1) is 18.2 Å². The molecule has 0 radical (unpaired) electrons. The largest absolute Gasteiger partial charge is 0.443 e. The fourth-order valence-corrected chi connectivity index (χ4v) is 0.936. The molecule has 0 spiro atoms. The standard InChI is InChI=1S/C12H11FO2/c1-4-12(2,3)15-11(14)9-6-5-7-10(13)8-9/h1,5-8H,2-3H3. The first kappa shape index (κ1) is 11.3. The molecular weight excluding hydrogens is 195 g/mol. The molecule has 0 aliphatic heterocycles. The van der Waals surface area contributed by atoms with Crippen LogP contribution in [-0.2, 0) is 4.74 Å². The third-order valence-corrected chi connectivity index (χ3v) is 1.76. The average molecular weight is 206 g/mol. The van der Waals surface area contributed by atoms with E-state index < -0.39 is 17.4 Å². The first-order valence-electron chi connectivity index (χ1n) is 4.41. The molecule has 0 aromatic heterocycles. The molecule has 0 aliphatic rings. The third kappa shape index (κ3) is 3.10. The molecule has 3 heteroatoms. The molecular formula is C12H11FO2. The Hall–Kier alpha value is -1.82. The lowest BCUT2D eigenvalue weighted by Crippen LogP contribution is -2.25. The van der Waals surface area contributed by atoms with Gasteiger partial charge in [0, 0.05) is 0 Å². The summed E-state index contributed by atoms with van der Waals surface area (Å²) < 4.78 is 17.8. The highest BCUT2D eigenvalue weighted by atomic mass is 19.1. The molecule has 0 N–H and O–H groups in total. The summed E-state index contributed by atoms with van der Waals surface area (Å²) in [6.07, 6.45) is 5.16. The van der Waals surface area contributed by atoms with E-state index in [1.165, 1.54) is 18.2 Å². The van der Waals surface area contributed by atoms with Gasteiger partial charge in [-0.1, -0.05) is 12.0 Å². The maximum Gasteiger partial charge on any atom is 0.339 e. The van der Waals surface area contributed by atoms with Crippen LogP contribution in [0.3, 0.4) is 0 Å². The molecule has 1 aromatic carbocycles. The number of esters is 1. The summed E-state index contributed by atoms with van der Waals surface area (Å²) in [6, 6.07) is 5.27. The van der Waals surface area contributed by atoms with Gasteiger partial charge in [0.15, 0.2) is 5.60 Å². The Bertz CT molecular complexity index is 416. The normalized spacial score (nSPS) is 10.5. The van der Waals surface area contributed by atoms with Crippen molar-refractivity contribution >= 4 is 5.97 Å². The Balaban J connectivity index is 2.84. The van der Waals surface area contributed by atoms with E-state index in [1.807, 2.05) is 0 Å². The van der Waals surface area contributed by atoms with E-state index >= 15 is 0 Å². The lowest BCUT2D eigenvalue weighted by atomic mass is 10.1. The van der Waals surface area contributed by atoms with E-state index in [1.54, 1.807) is 13.8 Å². The number of rotatable bonds is 2. The number of halogens is 1. The second kappa shape index (κ2) is 4.14.